The van der Waals surface area contributed by atoms with Crippen molar-refractivity contribution in [1.29, 1.82) is 0 Å². The van der Waals surface area contributed by atoms with E-state index in [1.807, 2.05) is 0 Å². The third-order valence-corrected chi connectivity index (χ3v) is 2.41. The monoisotopic (exact) mass is 405 g/mol. The Balaban J connectivity index is 0. The minimum absolute atomic E-state index is 0. The van der Waals surface area contributed by atoms with Crippen molar-refractivity contribution in [2.45, 2.75) is 65.2 Å². The van der Waals surface area contributed by atoms with Crippen molar-refractivity contribution in [2.24, 2.45) is 0 Å². The molecule has 0 bridgehead atoms. The Hall–Kier alpha value is 0.0194. The molecule has 1 aliphatic carbocycles. The Kier molecular flexibility index (Phi) is 15.0. The van der Waals surface area contributed by atoms with Crippen LogP contribution >= 0.6 is 0 Å². The van der Waals surface area contributed by atoms with Crippen LogP contribution in [0.3, 0.4) is 0 Å². The molecule has 1 N–H and O–H groups in total. The summed E-state index contributed by atoms with van der Waals surface area (Å²) in [4.78, 5) is 0. The summed E-state index contributed by atoms with van der Waals surface area (Å²) in [6.07, 6.45) is 13.2. The van der Waals surface area contributed by atoms with Gasteiger partial charge in [0.05, 0.1) is 0 Å². The average Bonchev–Trinajstić information content (AvgIpc) is 1.99. The van der Waals surface area contributed by atoms with E-state index in [1.54, 1.807) is 0 Å². The topological polar surface area (TPSA) is 43.3 Å². The first-order valence-corrected chi connectivity index (χ1v) is 6.01. The first-order chi connectivity index (χ1) is 7.13. The Bertz CT molecular complexity index is 139. The van der Waals surface area contributed by atoms with Crippen LogP contribution in [0.25, 0.3) is 0 Å². The summed E-state index contributed by atoms with van der Waals surface area (Å²) in [5, 5.41) is 18.4. The van der Waals surface area contributed by atoms with Crippen LogP contribution < -0.4 is 5.11 Å². The summed E-state index contributed by atoms with van der Waals surface area (Å²) < 4.78 is 0. The standard InChI is InChI=1S/C8H16.C5H9O2.Ir/c1-2-4-6-8-7-5-3-1;1-4(6)3-5(2)7;/h1-8H2;3,6-7H,1-2H3;/q;-1;/p-1. The number of hydrogen-bond donors (Lipinski definition) is 1. The van der Waals surface area contributed by atoms with Crippen molar-refractivity contribution in [2.75, 3.05) is 0 Å². The molecule has 0 aliphatic heterocycles. The van der Waals surface area contributed by atoms with Gasteiger partial charge >= 0.3 is 0 Å². The predicted octanol–water partition coefficient (Wildman–Crippen LogP) is 3.29. The van der Waals surface area contributed by atoms with E-state index >= 15 is 0 Å². The van der Waals surface area contributed by atoms with Gasteiger partial charge in [0.25, 0.3) is 0 Å². The van der Waals surface area contributed by atoms with Gasteiger partial charge in [0.15, 0.2) is 0 Å². The number of aliphatic hydroxyl groups is 1. The Morgan fingerprint density at radius 2 is 1.25 bits per heavy atom. The summed E-state index contributed by atoms with van der Waals surface area (Å²) >= 11 is 0. The van der Waals surface area contributed by atoms with E-state index < -0.39 is 0 Å². The summed E-state index contributed by atoms with van der Waals surface area (Å²) in [5.74, 6) is -0.125. The van der Waals surface area contributed by atoms with Gasteiger partial charge in [0.2, 0.25) is 0 Å². The minimum Gasteiger partial charge on any atom is -0.957 e. The van der Waals surface area contributed by atoms with Crippen molar-refractivity contribution >= 4 is 0 Å². The summed E-state index contributed by atoms with van der Waals surface area (Å²) in [6.45, 7) is 2.85. The molecule has 0 saturated heterocycles. The van der Waals surface area contributed by atoms with E-state index in [0.717, 1.165) is 0 Å². The van der Waals surface area contributed by atoms with Crippen molar-refractivity contribution in [3.63, 3.8) is 0 Å². The van der Waals surface area contributed by atoms with Gasteiger partial charge in [-0.15, -0.1) is 13.0 Å². The Morgan fingerprint density at radius 3 is 1.31 bits per heavy atom. The summed E-state index contributed by atoms with van der Waals surface area (Å²) in [7, 11) is 0. The number of hydrogen-bond acceptors (Lipinski definition) is 2. The van der Waals surface area contributed by atoms with Crippen LogP contribution in [0.15, 0.2) is 11.8 Å². The quantitative estimate of drug-likeness (QED) is 0.538. The van der Waals surface area contributed by atoms with Crippen molar-refractivity contribution < 1.29 is 30.3 Å². The predicted molar refractivity (Wildman–Crippen MR) is 61.5 cm³/mol. The Morgan fingerprint density at radius 1 is 1.00 bits per heavy atom. The van der Waals surface area contributed by atoms with Crippen LogP contribution in [-0.2, 0) is 20.1 Å². The first kappa shape index (κ1) is 18.4. The van der Waals surface area contributed by atoms with E-state index in [0.29, 0.717) is 0 Å². The maximum absolute atomic E-state index is 10.0. The van der Waals surface area contributed by atoms with Crippen LogP contribution in [0.4, 0.5) is 0 Å². The van der Waals surface area contributed by atoms with E-state index in [4.69, 9.17) is 5.11 Å². The molecule has 0 aromatic heterocycles. The van der Waals surface area contributed by atoms with E-state index in [9.17, 15) is 5.11 Å². The van der Waals surface area contributed by atoms with E-state index in [-0.39, 0.29) is 32.0 Å². The van der Waals surface area contributed by atoms with Gasteiger partial charge in [-0.05, 0) is 0 Å². The zero-order chi connectivity index (χ0) is 11.5. The van der Waals surface area contributed by atoms with Crippen LogP contribution in [0.1, 0.15) is 65.2 Å². The van der Waals surface area contributed by atoms with Crippen molar-refractivity contribution in [3.8, 4) is 0 Å². The van der Waals surface area contributed by atoms with E-state index in [2.05, 4.69) is 0 Å². The molecule has 0 unspecified atom stereocenters. The fourth-order valence-corrected chi connectivity index (χ4v) is 1.71. The maximum atomic E-state index is 10.0. The molecule has 0 atom stereocenters. The fraction of sp³-hybridized carbons (Fsp3) is 0.769. The van der Waals surface area contributed by atoms with Crippen molar-refractivity contribution in [1.82, 2.24) is 0 Å². The second kappa shape index (κ2) is 13.1. The molecule has 1 fully saturated rings. The first-order valence-electron chi connectivity index (χ1n) is 6.01. The average molecular weight is 405 g/mol. The molecular formula is C13H24IrO2-2. The zero-order valence-electron chi connectivity index (χ0n) is 10.4. The maximum Gasteiger partial charge on any atom is 0 e. The number of rotatable bonds is 1. The fourth-order valence-electron chi connectivity index (χ4n) is 1.71. The molecule has 0 aromatic rings. The van der Waals surface area contributed by atoms with Gasteiger partial charge in [-0.3, -0.25) is 0 Å². The molecule has 0 heterocycles. The second-order valence-corrected chi connectivity index (χ2v) is 4.22. The second-order valence-electron chi connectivity index (χ2n) is 4.22. The van der Waals surface area contributed by atoms with Gasteiger partial charge < -0.3 is 16.0 Å². The van der Waals surface area contributed by atoms with Crippen LogP contribution in [0.5, 0.6) is 0 Å². The molecule has 3 heteroatoms. The molecule has 1 aliphatic rings. The molecule has 0 aromatic carbocycles. The molecule has 1 radical (unpaired) electrons. The van der Waals surface area contributed by atoms with Gasteiger partial charge in [0, 0.05) is 20.1 Å². The smallest absolute Gasteiger partial charge is 0 e. The number of allylic oxidation sites excluding steroid dienone is 1. The van der Waals surface area contributed by atoms with Crippen LogP contribution in [-0.4, -0.2) is 5.11 Å². The molecule has 99 valence electrons. The molecule has 1 rings (SSSR count). The largest absolute Gasteiger partial charge is 0.957 e. The van der Waals surface area contributed by atoms with Gasteiger partial charge in [0.1, 0.15) is 0 Å². The third kappa shape index (κ3) is 16.4. The summed E-state index contributed by atoms with van der Waals surface area (Å²) in [6, 6.07) is 0. The SMILES string of the molecule is C1CCCCCCC1.CC([O-])=C[C-](C)O.[Ir]. The molecular weight excluding hydrogens is 380 g/mol. The van der Waals surface area contributed by atoms with Crippen molar-refractivity contribution in [3.05, 3.63) is 17.9 Å². The zero-order valence-corrected chi connectivity index (χ0v) is 12.8. The van der Waals surface area contributed by atoms with Crippen LogP contribution in [0, 0.1) is 6.10 Å². The third-order valence-electron chi connectivity index (χ3n) is 2.41. The molecule has 0 amide bonds. The minimum atomic E-state index is -0.125. The number of aliphatic hydroxyl groups excluding tert-OH is 1. The van der Waals surface area contributed by atoms with Gasteiger partial charge in [-0.25, -0.2) is 6.08 Å². The molecule has 16 heavy (non-hydrogen) atoms. The molecule has 2 nitrogen and oxygen atoms in total. The Labute approximate surface area is 113 Å². The normalized spacial score (nSPS) is 17.1. The molecule has 1 saturated carbocycles. The van der Waals surface area contributed by atoms with E-state index in [1.165, 1.54) is 71.3 Å². The molecule has 0 spiro atoms. The van der Waals surface area contributed by atoms with Crippen LogP contribution in [0.2, 0.25) is 0 Å². The van der Waals surface area contributed by atoms with Gasteiger partial charge in [-0.2, -0.15) is 0 Å². The summed E-state index contributed by atoms with van der Waals surface area (Å²) in [5.41, 5.74) is 0. The van der Waals surface area contributed by atoms with Gasteiger partial charge in [-0.1, -0.05) is 58.3 Å².